The Morgan fingerprint density at radius 1 is 1.14 bits per heavy atom. The molecule has 144 valence electrons. The van der Waals surface area contributed by atoms with E-state index < -0.39 is 5.91 Å². The molecular weight excluding hydrogens is 382 g/mol. The molecule has 3 rings (SSSR count). The summed E-state index contributed by atoms with van der Waals surface area (Å²) in [5.74, 6) is -0.174. The number of hydrogen-bond donors (Lipinski definition) is 2. The molecule has 0 saturated carbocycles. The number of aryl methyl sites for hydroxylation is 1. The second kappa shape index (κ2) is 9.01. The number of aromatic nitrogens is 3. The summed E-state index contributed by atoms with van der Waals surface area (Å²) in [7, 11) is 0. The smallest absolute Gasteiger partial charge is 0.258 e. The fourth-order valence-electron chi connectivity index (χ4n) is 2.39. The van der Waals surface area contributed by atoms with Crippen LogP contribution in [0, 0.1) is 6.92 Å². The van der Waals surface area contributed by atoms with E-state index in [1.54, 1.807) is 53.5 Å². The third-order valence-corrected chi connectivity index (χ3v) is 4.01. The number of anilines is 1. The van der Waals surface area contributed by atoms with Crippen molar-refractivity contribution in [2.75, 3.05) is 18.5 Å². The van der Waals surface area contributed by atoms with Crippen molar-refractivity contribution in [1.29, 1.82) is 0 Å². The third-order valence-electron chi connectivity index (χ3n) is 3.78. The second-order valence-electron chi connectivity index (χ2n) is 5.91. The molecule has 1 aromatic heterocycles. The summed E-state index contributed by atoms with van der Waals surface area (Å²) >= 11 is 5.88. The largest absolute Gasteiger partial charge is 0.484 e. The predicted molar refractivity (Wildman–Crippen MR) is 105 cm³/mol. The number of carbonyl (C=O) groups excluding carboxylic acids is 2. The van der Waals surface area contributed by atoms with E-state index in [-0.39, 0.29) is 19.1 Å². The number of halogens is 1. The topological polar surface area (TPSA) is 98.1 Å². The number of nitrogens with zero attached hydrogens (tertiary/aromatic N) is 3. The van der Waals surface area contributed by atoms with Gasteiger partial charge in [-0.05, 0) is 55.0 Å². The van der Waals surface area contributed by atoms with Crippen molar-refractivity contribution in [1.82, 2.24) is 20.1 Å². The van der Waals surface area contributed by atoms with Gasteiger partial charge < -0.3 is 15.4 Å². The molecule has 1 heterocycles. The van der Waals surface area contributed by atoms with E-state index in [2.05, 4.69) is 20.7 Å². The van der Waals surface area contributed by atoms with Crippen molar-refractivity contribution in [3.8, 4) is 11.4 Å². The van der Waals surface area contributed by atoms with E-state index in [1.165, 1.54) is 6.33 Å². The van der Waals surface area contributed by atoms with Crippen LogP contribution < -0.4 is 15.4 Å². The summed E-state index contributed by atoms with van der Waals surface area (Å²) in [4.78, 5) is 27.7. The Morgan fingerprint density at radius 2 is 1.93 bits per heavy atom. The van der Waals surface area contributed by atoms with E-state index in [0.29, 0.717) is 16.5 Å². The van der Waals surface area contributed by atoms with Crippen molar-refractivity contribution >= 4 is 29.1 Å². The lowest BCUT2D eigenvalue weighted by Gasteiger charge is -2.10. The van der Waals surface area contributed by atoms with Crippen molar-refractivity contribution in [2.24, 2.45) is 0 Å². The highest BCUT2D eigenvalue weighted by Crippen LogP contribution is 2.21. The Labute approximate surface area is 166 Å². The molecule has 0 saturated heterocycles. The van der Waals surface area contributed by atoms with Gasteiger partial charge in [0.15, 0.2) is 6.61 Å². The van der Waals surface area contributed by atoms with Crippen molar-refractivity contribution in [2.45, 2.75) is 6.92 Å². The molecule has 2 aromatic carbocycles. The molecule has 28 heavy (non-hydrogen) atoms. The van der Waals surface area contributed by atoms with Crippen LogP contribution in [-0.2, 0) is 9.59 Å². The van der Waals surface area contributed by atoms with Gasteiger partial charge in [0.25, 0.3) is 5.91 Å². The number of ether oxygens (including phenoxy) is 1. The predicted octanol–water partition coefficient (Wildman–Crippen LogP) is 2.36. The van der Waals surface area contributed by atoms with Gasteiger partial charge in [-0.2, -0.15) is 5.10 Å². The molecule has 0 fully saturated rings. The maximum Gasteiger partial charge on any atom is 0.258 e. The highest BCUT2D eigenvalue weighted by molar-refractivity contribution is 6.30. The summed E-state index contributed by atoms with van der Waals surface area (Å²) in [5.41, 5.74) is 2.25. The first kappa shape index (κ1) is 19.4. The van der Waals surface area contributed by atoms with Crippen LogP contribution in [0.5, 0.6) is 5.75 Å². The Kier molecular flexibility index (Phi) is 6.23. The highest BCUT2D eigenvalue weighted by atomic mass is 35.5. The molecule has 9 heteroatoms. The van der Waals surface area contributed by atoms with E-state index in [1.807, 2.05) is 6.92 Å². The fraction of sp³-hybridized carbons (Fsp3) is 0.158. The molecular formula is C19H18ClN5O3. The SMILES string of the molecule is Cc1cc(Cl)ccc1OCC(=O)NCC(=O)Nc1ccc(-n2cncn2)cc1. The summed E-state index contributed by atoms with van der Waals surface area (Å²) in [5, 5.41) is 9.84. The first-order valence-corrected chi connectivity index (χ1v) is 8.79. The minimum atomic E-state index is -0.397. The molecule has 0 aliphatic heterocycles. The average molecular weight is 400 g/mol. The van der Waals surface area contributed by atoms with Gasteiger partial charge in [0.05, 0.1) is 12.2 Å². The summed E-state index contributed by atoms with van der Waals surface area (Å²) in [6.07, 6.45) is 3.02. The van der Waals surface area contributed by atoms with Gasteiger partial charge in [0, 0.05) is 10.7 Å². The van der Waals surface area contributed by atoms with E-state index in [9.17, 15) is 9.59 Å². The van der Waals surface area contributed by atoms with Crippen LogP contribution in [0.2, 0.25) is 5.02 Å². The van der Waals surface area contributed by atoms with Gasteiger partial charge in [0.2, 0.25) is 5.91 Å². The van der Waals surface area contributed by atoms with Gasteiger partial charge in [-0.25, -0.2) is 9.67 Å². The van der Waals surface area contributed by atoms with Crippen LogP contribution in [-0.4, -0.2) is 39.7 Å². The number of nitrogens with one attached hydrogen (secondary N) is 2. The lowest BCUT2D eigenvalue weighted by Crippen LogP contribution is -2.35. The molecule has 8 nitrogen and oxygen atoms in total. The normalized spacial score (nSPS) is 10.4. The Hall–Kier alpha value is -3.39. The number of carbonyl (C=O) groups is 2. The molecule has 2 amide bonds. The van der Waals surface area contributed by atoms with Crippen molar-refractivity contribution in [3.05, 3.63) is 65.7 Å². The fourth-order valence-corrected chi connectivity index (χ4v) is 2.62. The molecule has 2 N–H and O–H groups in total. The van der Waals surface area contributed by atoms with E-state index in [0.717, 1.165) is 11.3 Å². The molecule has 3 aromatic rings. The number of benzene rings is 2. The van der Waals surface area contributed by atoms with Gasteiger partial charge >= 0.3 is 0 Å². The zero-order valence-electron chi connectivity index (χ0n) is 15.1. The zero-order valence-corrected chi connectivity index (χ0v) is 15.8. The lowest BCUT2D eigenvalue weighted by atomic mass is 10.2. The maximum absolute atomic E-state index is 12.0. The first-order chi connectivity index (χ1) is 13.5. The van der Waals surface area contributed by atoms with E-state index in [4.69, 9.17) is 16.3 Å². The Bertz CT molecular complexity index is 958. The molecule has 0 aliphatic rings. The molecule has 0 radical (unpaired) electrons. The van der Waals surface area contributed by atoms with Gasteiger partial charge in [-0.3, -0.25) is 9.59 Å². The molecule has 0 unspecified atom stereocenters. The highest BCUT2D eigenvalue weighted by Gasteiger charge is 2.08. The minimum absolute atomic E-state index is 0.160. The van der Waals surface area contributed by atoms with Crippen molar-refractivity contribution < 1.29 is 14.3 Å². The minimum Gasteiger partial charge on any atom is -0.484 e. The van der Waals surface area contributed by atoms with Gasteiger partial charge in [-0.15, -0.1) is 0 Å². The summed E-state index contributed by atoms with van der Waals surface area (Å²) < 4.78 is 7.04. The van der Waals surface area contributed by atoms with Crippen LogP contribution in [0.4, 0.5) is 5.69 Å². The van der Waals surface area contributed by atoms with E-state index >= 15 is 0 Å². The maximum atomic E-state index is 12.0. The average Bonchev–Trinajstić information content (AvgIpc) is 3.21. The van der Waals surface area contributed by atoms with Gasteiger partial charge in [-0.1, -0.05) is 11.6 Å². The second-order valence-corrected chi connectivity index (χ2v) is 6.35. The Balaban J connectivity index is 1.43. The van der Waals surface area contributed by atoms with Crippen LogP contribution in [0.25, 0.3) is 5.69 Å². The molecule has 0 atom stereocenters. The molecule has 0 bridgehead atoms. The third kappa shape index (κ3) is 5.31. The number of hydrogen-bond acceptors (Lipinski definition) is 5. The molecule has 0 aliphatic carbocycles. The van der Waals surface area contributed by atoms with Crippen LogP contribution in [0.1, 0.15) is 5.56 Å². The standard InChI is InChI=1S/C19H18ClN5O3/c1-13-8-14(20)2-7-17(13)28-10-19(27)22-9-18(26)24-15-3-5-16(6-4-15)25-12-21-11-23-25/h2-8,11-12H,9-10H2,1H3,(H,22,27)(H,24,26). The van der Waals surface area contributed by atoms with Crippen LogP contribution in [0.15, 0.2) is 55.1 Å². The molecule has 0 spiro atoms. The quantitative estimate of drug-likeness (QED) is 0.635. The zero-order chi connectivity index (χ0) is 19.9. The van der Waals surface area contributed by atoms with Gasteiger partial charge in [0.1, 0.15) is 18.4 Å². The first-order valence-electron chi connectivity index (χ1n) is 8.42. The monoisotopic (exact) mass is 399 g/mol. The Morgan fingerprint density at radius 3 is 2.61 bits per heavy atom. The number of rotatable bonds is 7. The summed E-state index contributed by atoms with van der Waals surface area (Å²) in [6, 6.07) is 12.2. The van der Waals surface area contributed by atoms with Crippen LogP contribution >= 0.6 is 11.6 Å². The lowest BCUT2D eigenvalue weighted by molar-refractivity contribution is -0.125. The van der Waals surface area contributed by atoms with Crippen LogP contribution in [0.3, 0.4) is 0 Å². The summed E-state index contributed by atoms with van der Waals surface area (Å²) in [6.45, 7) is 1.48. The number of amides is 2. The van der Waals surface area contributed by atoms with Crippen molar-refractivity contribution in [3.63, 3.8) is 0 Å².